The summed E-state index contributed by atoms with van der Waals surface area (Å²) in [5, 5.41) is 0. The van der Waals surface area contributed by atoms with Gasteiger partial charge in [-0.3, -0.25) is 9.13 Å². The molecule has 0 aromatic carbocycles. The molecule has 0 radical (unpaired) electrons. The second-order valence-corrected chi connectivity index (χ2v) is 3.58. The van der Waals surface area contributed by atoms with Crippen LogP contribution in [-0.4, -0.2) is 9.13 Å². The largest absolute Gasteiger partial charge is 0.328 e. The van der Waals surface area contributed by atoms with Gasteiger partial charge in [0.05, 0.1) is 0 Å². The maximum Gasteiger partial charge on any atom is 0.328 e. The highest BCUT2D eigenvalue weighted by atomic mass is 16.1. The molecule has 0 unspecified atom stereocenters. The van der Waals surface area contributed by atoms with E-state index in [4.69, 9.17) is 0 Å². The lowest BCUT2D eigenvalue weighted by Gasteiger charge is -2.06. The van der Waals surface area contributed by atoms with Crippen molar-refractivity contribution in [2.75, 3.05) is 0 Å². The quantitative estimate of drug-likeness (QED) is 0.661. The first-order valence-corrected chi connectivity index (χ1v) is 4.33. The first-order valence-electron chi connectivity index (χ1n) is 4.33. The summed E-state index contributed by atoms with van der Waals surface area (Å²) in [4.78, 5) is 11.6. The lowest BCUT2D eigenvalue weighted by molar-refractivity contribution is 0.521. The Morgan fingerprint density at radius 1 is 1.00 bits per heavy atom. The smallest absolute Gasteiger partial charge is 0.297 e. The number of rotatable bonds is 2. The first-order chi connectivity index (χ1) is 5.54. The predicted octanol–water partition coefficient (Wildman–Crippen LogP) is 1.81. The third-order valence-electron chi connectivity index (χ3n) is 1.94. The van der Waals surface area contributed by atoms with E-state index in [2.05, 4.69) is 0 Å². The van der Waals surface area contributed by atoms with Gasteiger partial charge in [0.1, 0.15) is 0 Å². The number of hydrogen-bond donors (Lipinski definition) is 0. The third-order valence-corrected chi connectivity index (χ3v) is 1.94. The molecule has 1 heterocycles. The van der Waals surface area contributed by atoms with E-state index in [1.54, 1.807) is 9.13 Å². The Morgan fingerprint density at radius 2 is 1.33 bits per heavy atom. The summed E-state index contributed by atoms with van der Waals surface area (Å²) in [6, 6.07) is 0.495. The van der Waals surface area contributed by atoms with Gasteiger partial charge in [-0.25, -0.2) is 4.79 Å². The summed E-state index contributed by atoms with van der Waals surface area (Å²) < 4.78 is 3.47. The molecule has 1 aromatic heterocycles. The highest BCUT2D eigenvalue weighted by molar-refractivity contribution is 4.85. The molecule has 0 spiro atoms. The molecular weight excluding hydrogens is 152 g/mol. The van der Waals surface area contributed by atoms with Crippen molar-refractivity contribution >= 4 is 0 Å². The Labute approximate surface area is 72.6 Å². The van der Waals surface area contributed by atoms with E-state index in [0.29, 0.717) is 0 Å². The van der Waals surface area contributed by atoms with Gasteiger partial charge in [0, 0.05) is 24.5 Å². The first kappa shape index (κ1) is 9.10. The van der Waals surface area contributed by atoms with E-state index in [1.165, 1.54) is 0 Å². The van der Waals surface area contributed by atoms with Crippen LogP contribution < -0.4 is 5.69 Å². The van der Waals surface area contributed by atoms with Crippen molar-refractivity contribution in [3.63, 3.8) is 0 Å². The van der Waals surface area contributed by atoms with Crippen LogP contribution in [0.5, 0.6) is 0 Å². The van der Waals surface area contributed by atoms with E-state index in [0.717, 1.165) is 0 Å². The van der Waals surface area contributed by atoms with Crippen molar-refractivity contribution in [2.45, 2.75) is 39.8 Å². The third kappa shape index (κ3) is 1.44. The van der Waals surface area contributed by atoms with Crippen LogP contribution in [-0.2, 0) is 0 Å². The molecule has 0 atom stereocenters. The van der Waals surface area contributed by atoms with Gasteiger partial charge in [0.2, 0.25) is 0 Å². The van der Waals surface area contributed by atoms with E-state index in [9.17, 15) is 4.79 Å². The summed E-state index contributed by atoms with van der Waals surface area (Å²) in [5.41, 5.74) is 0.0833. The Hall–Kier alpha value is -0.990. The van der Waals surface area contributed by atoms with Crippen molar-refractivity contribution in [3.05, 3.63) is 22.9 Å². The van der Waals surface area contributed by atoms with Crippen LogP contribution >= 0.6 is 0 Å². The van der Waals surface area contributed by atoms with Crippen molar-refractivity contribution in [3.8, 4) is 0 Å². The number of hydrogen-bond acceptors (Lipinski definition) is 1. The lowest BCUT2D eigenvalue weighted by atomic mass is 10.4. The Morgan fingerprint density at radius 3 is 1.50 bits per heavy atom. The molecule has 0 bridgehead atoms. The topological polar surface area (TPSA) is 26.9 Å². The maximum absolute atomic E-state index is 11.6. The molecule has 12 heavy (non-hydrogen) atoms. The van der Waals surface area contributed by atoms with Gasteiger partial charge < -0.3 is 0 Å². The minimum absolute atomic E-state index is 0.0833. The molecule has 0 amide bonds. The van der Waals surface area contributed by atoms with Crippen LogP contribution in [0.1, 0.15) is 39.8 Å². The van der Waals surface area contributed by atoms with Gasteiger partial charge in [0.15, 0.2) is 0 Å². The summed E-state index contributed by atoms with van der Waals surface area (Å²) in [5.74, 6) is 0. The number of imidazole rings is 1. The van der Waals surface area contributed by atoms with Crippen LogP contribution in [0.2, 0.25) is 0 Å². The molecule has 0 saturated heterocycles. The van der Waals surface area contributed by atoms with E-state index < -0.39 is 0 Å². The Bertz CT molecular complexity index is 278. The summed E-state index contributed by atoms with van der Waals surface area (Å²) >= 11 is 0. The van der Waals surface area contributed by atoms with Gasteiger partial charge in [-0.1, -0.05) is 0 Å². The average Bonchev–Trinajstić information content (AvgIpc) is 2.30. The van der Waals surface area contributed by atoms with E-state index >= 15 is 0 Å². The van der Waals surface area contributed by atoms with Gasteiger partial charge in [-0.15, -0.1) is 0 Å². The van der Waals surface area contributed by atoms with Crippen LogP contribution in [0.4, 0.5) is 0 Å². The second kappa shape index (κ2) is 3.17. The van der Waals surface area contributed by atoms with Crippen molar-refractivity contribution in [2.24, 2.45) is 0 Å². The standard InChI is InChI=1S/C9H16N2O/c1-7(2)10-5-6-11(8(3)4)9(10)12/h5-8H,1-4H3. The zero-order chi connectivity index (χ0) is 9.30. The molecule has 0 fully saturated rings. The molecule has 1 aromatic rings. The minimum atomic E-state index is 0.0833. The SMILES string of the molecule is CC(C)n1ccn(C(C)C)c1=O. The zero-order valence-corrected chi connectivity index (χ0v) is 8.11. The lowest BCUT2D eigenvalue weighted by Crippen LogP contribution is -2.26. The molecule has 0 aliphatic carbocycles. The normalized spacial score (nSPS) is 11.5. The Balaban J connectivity index is 3.14. The van der Waals surface area contributed by atoms with Crippen molar-refractivity contribution in [1.82, 2.24) is 9.13 Å². The highest BCUT2D eigenvalue weighted by Crippen LogP contribution is 2.03. The molecule has 0 aliphatic heterocycles. The molecule has 1 rings (SSSR count). The fraction of sp³-hybridized carbons (Fsp3) is 0.667. The van der Waals surface area contributed by atoms with Crippen LogP contribution in [0.15, 0.2) is 17.2 Å². The van der Waals surface area contributed by atoms with Crippen molar-refractivity contribution in [1.29, 1.82) is 0 Å². The molecule has 0 saturated carbocycles. The van der Waals surface area contributed by atoms with Gasteiger partial charge in [0.25, 0.3) is 0 Å². The molecule has 3 heteroatoms. The minimum Gasteiger partial charge on any atom is -0.297 e. The van der Waals surface area contributed by atoms with Crippen molar-refractivity contribution < 1.29 is 0 Å². The van der Waals surface area contributed by atoms with E-state index in [1.807, 2.05) is 40.1 Å². The second-order valence-electron chi connectivity index (χ2n) is 3.58. The van der Waals surface area contributed by atoms with Crippen LogP contribution in [0, 0.1) is 0 Å². The van der Waals surface area contributed by atoms with Gasteiger partial charge in [-0.05, 0) is 27.7 Å². The van der Waals surface area contributed by atoms with Gasteiger partial charge >= 0.3 is 5.69 Å². The maximum atomic E-state index is 11.6. The number of nitrogens with zero attached hydrogens (tertiary/aromatic N) is 2. The van der Waals surface area contributed by atoms with Crippen LogP contribution in [0.25, 0.3) is 0 Å². The Kier molecular flexibility index (Phi) is 2.40. The molecular formula is C9H16N2O. The monoisotopic (exact) mass is 168 g/mol. The predicted molar refractivity (Wildman–Crippen MR) is 49.5 cm³/mol. The fourth-order valence-electron chi connectivity index (χ4n) is 1.19. The molecule has 0 aliphatic rings. The summed E-state index contributed by atoms with van der Waals surface area (Å²) in [6.07, 6.45) is 3.68. The average molecular weight is 168 g/mol. The van der Waals surface area contributed by atoms with E-state index in [-0.39, 0.29) is 17.8 Å². The van der Waals surface area contributed by atoms with Crippen LogP contribution in [0.3, 0.4) is 0 Å². The number of aromatic nitrogens is 2. The molecule has 0 N–H and O–H groups in total. The fourth-order valence-corrected chi connectivity index (χ4v) is 1.19. The molecule has 68 valence electrons. The highest BCUT2D eigenvalue weighted by Gasteiger charge is 2.07. The summed E-state index contributed by atoms with van der Waals surface area (Å²) in [7, 11) is 0. The molecule has 3 nitrogen and oxygen atoms in total. The van der Waals surface area contributed by atoms with Gasteiger partial charge in [-0.2, -0.15) is 0 Å². The summed E-state index contributed by atoms with van der Waals surface area (Å²) in [6.45, 7) is 8.02. The zero-order valence-electron chi connectivity index (χ0n) is 8.11.